The van der Waals surface area contributed by atoms with Crippen molar-refractivity contribution in [3.8, 4) is 10.6 Å². The van der Waals surface area contributed by atoms with Crippen LogP contribution in [-0.4, -0.2) is 16.8 Å². The molecule has 3 rings (SSSR count). The van der Waals surface area contributed by atoms with E-state index in [0.29, 0.717) is 22.2 Å². The Morgan fingerprint density at radius 2 is 2.13 bits per heavy atom. The number of thiophene rings is 1. The highest BCUT2D eigenvalue weighted by atomic mass is 32.1. The van der Waals surface area contributed by atoms with Gasteiger partial charge in [-0.15, -0.1) is 11.3 Å². The third kappa shape index (κ3) is 3.49. The maximum atomic E-state index is 12.2. The predicted octanol–water partition coefficient (Wildman–Crippen LogP) is 4.07. The molecule has 0 aliphatic rings. The molecule has 0 radical (unpaired) electrons. The van der Waals surface area contributed by atoms with Crippen LogP contribution in [0.4, 0.5) is 10.1 Å². The number of hydrogen-bond donors (Lipinski definition) is 2. The molecule has 0 aromatic carbocycles. The van der Waals surface area contributed by atoms with Crippen molar-refractivity contribution in [1.82, 2.24) is 4.98 Å². The quantitative estimate of drug-likeness (QED) is 0.729. The molecular formula is C15H13N3O3S2. The Kier molecular flexibility index (Phi) is 4.54. The lowest BCUT2D eigenvalue weighted by molar-refractivity contribution is -0.115. The lowest BCUT2D eigenvalue weighted by Gasteiger charge is -2.01. The summed E-state index contributed by atoms with van der Waals surface area (Å²) in [6.45, 7) is 1.77. The fourth-order valence-electron chi connectivity index (χ4n) is 1.82. The number of carbonyl (C=O) groups excluding carboxylic acids is 2. The normalized spacial score (nSPS) is 10.5. The fraction of sp³-hybridized carbons (Fsp3) is 0.133. The van der Waals surface area contributed by atoms with Gasteiger partial charge in [-0.25, -0.2) is 4.98 Å². The Bertz CT molecular complexity index is 807. The zero-order valence-corrected chi connectivity index (χ0v) is 13.8. The van der Waals surface area contributed by atoms with E-state index in [1.54, 1.807) is 19.1 Å². The van der Waals surface area contributed by atoms with Crippen LogP contribution in [0.3, 0.4) is 0 Å². The Morgan fingerprint density at radius 1 is 1.26 bits per heavy atom. The lowest BCUT2D eigenvalue weighted by Crippen LogP contribution is -2.10. The molecule has 118 valence electrons. The molecule has 8 heteroatoms. The molecule has 0 saturated heterocycles. The second kappa shape index (κ2) is 6.76. The van der Waals surface area contributed by atoms with Crippen LogP contribution in [-0.2, 0) is 4.79 Å². The molecule has 0 fully saturated rings. The van der Waals surface area contributed by atoms with Gasteiger partial charge in [0.2, 0.25) is 5.91 Å². The Hall–Kier alpha value is -2.45. The highest BCUT2D eigenvalue weighted by molar-refractivity contribution is 7.21. The van der Waals surface area contributed by atoms with Crippen molar-refractivity contribution in [1.29, 1.82) is 0 Å². The number of hydrogen-bond acceptors (Lipinski definition) is 6. The SMILES string of the molecule is CCC(=O)Nc1nc(-c2cccs2)c(NC(=O)c2ccco2)s1. The molecule has 0 bridgehead atoms. The lowest BCUT2D eigenvalue weighted by atomic mass is 10.3. The fourth-order valence-corrected chi connectivity index (χ4v) is 3.49. The maximum absolute atomic E-state index is 12.2. The molecular weight excluding hydrogens is 334 g/mol. The highest BCUT2D eigenvalue weighted by Gasteiger charge is 2.19. The zero-order valence-electron chi connectivity index (χ0n) is 12.2. The standard InChI is InChI=1S/C15H13N3O3S2/c1-2-11(19)16-15-17-12(10-6-4-8-22-10)14(23-15)18-13(20)9-5-3-7-21-9/h3-8H,2H2,1H3,(H,18,20)(H,16,17,19). The van der Waals surface area contributed by atoms with E-state index < -0.39 is 0 Å². The van der Waals surface area contributed by atoms with Crippen LogP contribution < -0.4 is 10.6 Å². The highest BCUT2D eigenvalue weighted by Crippen LogP contribution is 2.38. The Labute approximate surface area is 140 Å². The summed E-state index contributed by atoms with van der Waals surface area (Å²) in [6.07, 6.45) is 1.80. The summed E-state index contributed by atoms with van der Waals surface area (Å²) in [4.78, 5) is 29.1. The van der Waals surface area contributed by atoms with Crippen LogP contribution in [0.15, 0.2) is 40.3 Å². The second-order valence-corrected chi connectivity index (χ2v) is 6.45. The van der Waals surface area contributed by atoms with Gasteiger partial charge in [0.15, 0.2) is 10.9 Å². The predicted molar refractivity (Wildman–Crippen MR) is 91.0 cm³/mol. The largest absolute Gasteiger partial charge is 0.459 e. The van der Waals surface area contributed by atoms with Crippen molar-refractivity contribution in [3.63, 3.8) is 0 Å². The zero-order chi connectivity index (χ0) is 16.2. The number of aromatic nitrogens is 1. The summed E-state index contributed by atoms with van der Waals surface area (Å²) in [5.74, 6) is -0.264. The maximum Gasteiger partial charge on any atom is 0.292 e. The molecule has 0 atom stereocenters. The van der Waals surface area contributed by atoms with Crippen LogP contribution in [0.25, 0.3) is 10.6 Å². The minimum Gasteiger partial charge on any atom is -0.459 e. The van der Waals surface area contributed by atoms with Gasteiger partial charge in [-0.1, -0.05) is 24.3 Å². The van der Waals surface area contributed by atoms with Crippen LogP contribution >= 0.6 is 22.7 Å². The second-order valence-electron chi connectivity index (χ2n) is 4.51. The van der Waals surface area contributed by atoms with Gasteiger partial charge in [0.1, 0.15) is 10.7 Å². The van der Waals surface area contributed by atoms with E-state index in [1.807, 2.05) is 17.5 Å². The van der Waals surface area contributed by atoms with E-state index in [1.165, 1.54) is 28.9 Å². The summed E-state index contributed by atoms with van der Waals surface area (Å²) in [7, 11) is 0. The molecule has 3 aromatic rings. The first-order valence-electron chi connectivity index (χ1n) is 6.86. The van der Waals surface area contributed by atoms with Gasteiger partial charge < -0.3 is 15.1 Å². The van der Waals surface area contributed by atoms with Gasteiger partial charge in [-0.3, -0.25) is 9.59 Å². The minimum atomic E-state index is -0.357. The van der Waals surface area contributed by atoms with Crippen molar-refractivity contribution in [2.24, 2.45) is 0 Å². The minimum absolute atomic E-state index is 0.125. The van der Waals surface area contributed by atoms with Gasteiger partial charge in [-0.2, -0.15) is 0 Å². The van der Waals surface area contributed by atoms with Gasteiger partial charge >= 0.3 is 0 Å². The van der Waals surface area contributed by atoms with E-state index in [4.69, 9.17) is 4.42 Å². The number of carbonyl (C=O) groups is 2. The van der Waals surface area contributed by atoms with E-state index in [9.17, 15) is 9.59 Å². The van der Waals surface area contributed by atoms with E-state index in [-0.39, 0.29) is 17.6 Å². The van der Waals surface area contributed by atoms with Crippen molar-refractivity contribution >= 4 is 44.6 Å². The summed E-state index contributed by atoms with van der Waals surface area (Å²) in [5.41, 5.74) is 0.635. The Morgan fingerprint density at radius 3 is 2.78 bits per heavy atom. The van der Waals surface area contributed by atoms with Crippen LogP contribution in [0.1, 0.15) is 23.9 Å². The third-order valence-electron chi connectivity index (χ3n) is 2.92. The average Bonchev–Trinajstić information content (AvgIpc) is 3.28. The first kappa shape index (κ1) is 15.4. The molecule has 0 unspecified atom stereocenters. The molecule has 0 spiro atoms. The smallest absolute Gasteiger partial charge is 0.292 e. The number of rotatable bonds is 5. The van der Waals surface area contributed by atoms with Crippen molar-refractivity contribution < 1.29 is 14.0 Å². The monoisotopic (exact) mass is 347 g/mol. The van der Waals surface area contributed by atoms with E-state index in [0.717, 1.165) is 4.88 Å². The number of thiazole rings is 1. The molecule has 23 heavy (non-hydrogen) atoms. The first-order chi connectivity index (χ1) is 11.2. The van der Waals surface area contributed by atoms with Gasteiger partial charge in [0.05, 0.1) is 11.1 Å². The van der Waals surface area contributed by atoms with E-state index in [2.05, 4.69) is 15.6 Å². The molecule has 2 N–H and O–H groups in total. The van der Waals surface area contributed by atoms with Gasteiger partial charge in [0, 0.05) is 6.42 Å². The third-order valence-corrected chi connectivity index (χ3v) is 4.68. The van der Waals surface area contributed by atoms with Crippen molar-refractivity contribution in [3.05, 3.63) is 41.7 Å². The summed E-state index contributed by atoms with van der Waals surface area (Å²) in [6, 6.07) is 7.05. The van der Waals surface area contributed by atoms with Gasteiger partial charge in [-0.05, 0) is 23.6 Å². The van der Waals surface area contributed by atoms with Crippen molar-refractivity contribution in [2.45, 2.75) is 13.3 Å². The number of nitrogens with one attached hydrogen (secondary N) is 2. The van der Waals surface area contributed by atoms with Crippen LogP contribution in [0.2, 0.25) is 0 Å². The van der Waals surface area contributed by atoms with Gasteiger partial charge in [0.25, 0.3) is 5.91 Å². The topological polar surface area (TPSA) is 84.2 Å². The number of anilines is 2. The summed E-state index contributed by atoms with van der Waals surface area (Å²) in [5, 5.41) is 8.46. The number of furan rings is 1. The molecule has 3 aromatic heterocycles. The molecule has 3 heterocycles. The van der Waals surface area contributed by atoms with Crippen molar-refractivity contribution in [2.75, 3.05) is 10.6 Å². The molecule has 2 amide bonds. The molecule has 6 nitrogen and oxygen atoms in total. The summed E-state index contributed by atoms with van der Waals surface area (Å²) >= 11 is 2.73. The van der Waals surface area contributed by atoms with E-state index >= 15 is 0 Å². The first-order valence-corrected chi connectivity index (χ1v) is 8.56. The molecule has 0 aliphatic heterocycles. The molecule has 0 aliphatic carbocycles. The number of amides is 2. The molecule has 0 saturated carbocycles. The summed E-state index contributed by atoms with van der Waals surface area (Å²) < 4.78 is 5.09. The van der Waals surface area contributed by atoms with Crippen LogP contribution in [0, 0.1) is 0 Å². The van der Waals surface area contributed by atoms with Crippen LogP contribution in [0.5, 0.6) is 0 Å². The number of nitrogens with zero attached hydrogens (tertiary/aromatic N) is 1. The average molecular weight is 347 g/mol. The Balaban J connectivity index is 1.90.